The molecule has 0 saturated heterocycles. The number of hydrogen-bond donors (Lipinski definition) is 1. The van der Waals surface area contributed by atoms with Gasteiger partial charge in [-0.15, -0.1) is 0 Å². The van der Waals surface area contributed by atoms with E-state index in [0.717, 1.165) is 11.1 Å². The summed E-state index contributed by atoms with van der Waals surface area (Å²) in [6, 6.07) is 3.54. The summed E-state index contributed by atoms with van der Waals surface area (Å²) in [6.07, 6.45) is 3.99. The fourth-order valence-electron chi connectivity index (χ4n) is 3.37. The quantitative estimate of drug-likeness (QED) is 0.695. The zero-order valence-electron chi connectivity index (χ0n) is 14.9. The van der Waals surface area contributed by atoms with E-state index in [4.69, 9.17) is 4.42 Å². The van der Waals surface area contributed by atoms with Gasteiger partial charge in [0.2, 0.25) is 5.91 Å². The molecule has 1 aromatic carbocycles. The second kappa shape index (κ2) is 6.42. The molecule has 140 valence electrons. The number of esters is 1. The van der Waals surface area contributed by atoms with Gasteiger partial charge in [0.15, 0.2) is 5.58 Å². The molecule has 0 saturated carbocycles. The Balaban J connectivity index is 1.71. The van der Waals surface area contributed by atoms with Crippen LogP contribution in [0.25, 0.3) is 11.1 Å². The monoisotopic (exact) mass is 370 g/mol. The Labute approximate surface area is 153 Å². The number of nitrogens with one attached hydrogen (secondary N) is 1. The molecule has 0 radical (unpaired) electrons. The van der Waals surface area contributed by atoms with Gasteiger partial charge in [-0.05, 0) is 23.3 Å². The van der Waals surface area contributed by atoms with Crippen molar-refractivity contribution in [3.05, 3.63) is 46.2 Å². The molecule has 9 heteroatoms. The number of aromatic nitrogens is 3. The van der Waals surface area contributed by atoms with Gasteiger partial charge in [0.25, 0.3) is 0 Å². The Bertz CT molecular complexity index is 1110. The average Bonchev–Trinajstić information content (AvgIpc) is 3.23. The van der Waals surface area contributed by atoms with Crippen molar-refractivity contribution >= 4 is 28.7 Å². The van der Waals surface area contributed by atoms with Gasteiger partial charge in [-0.1, -0.05) is 0 Å². The first kappa shape index (κ1) is 17.1. The van der Waals surface area contributed by atoms with Crippen LogP contribution in [0.4, 0.5) is 5.69 Å². The molecule has 3 aromatic rings. The first-order chi connectivity index (χ1) is 13.0. The van der Waals surface area contributed by atoms with E-state index in [1.165, 1.54) is 11.7 Å². The van der Waals surface area contributed by atoms with E-state index in [0.29, 0.717) is 23.3 Å². The maximum atomic E-state index is 12.2. The van der Waals surface area contributed by atoms with Crippen molar-refractivity contribution in [1.29, 1.82) is 0 Å². The minimum Gasteiger partial charge on any atom is -0.469 e. The van der Waals surface area contributed by atoms with Crippen LogP contribution < -0.4 is 11.1 Å². The molecule has 1 N–H and O–H groups in total. The average molecular weight is 370 g/mol. The van der Waals surface area contributed by atoms with Crippen LogP contribution in [0.15, 0.2) is 33.7 Å². The first-order valence-electron chi connectivity index (χ1n) is 8.48. The summed E-state index contributed by atoms with van der Waals surface area (Å²) in [5.41, 5.74) is 3.47. The van der Waals surface area contributed by atoms with E-state index >= 15 is 0 Å². The number of carbonyl (C=O) groups excluding carboxylic acids is 2. The van der Waals surface area contributed by atoms with Gasteiger partial charge in [0.05, 0.1) is 31.8 Å². The lowest BCUT2D eigenvalue weighted by atomic mass is 9.86. The summed E-state index contributed by atoms with van der Waals surface area (Å²) >= 11 is 0. The highest BCUT2D eigenvalue weighted by Crippen LogP contribution is 2.39. The molecule has 3 heterocycles. The maximum absolute atomic E-state index is 12.2. The molecular formula is C18H18N4O5. The van der Waals surface area contributed by atoms with Crippen molar-refractivity contribution in [3.63, 3.8) is 0 Å². The van der Waals surface area contributed by atoms with E-state index in [2.05, 4.69) is 15.2 Å². The number of carbonyl (C=O) groups is 2. The largest absolute Gasteiger partial charge is 0.469 e. The number of hydrogen-bond acceptors (Lipinski definition) is 6. The molecule has 1 aliphatic heterocycles. The third kappa shape index (κ3) is 3.01. The maximum Gasteiger partial charge on any atom is 0.419 e. The number of ether oxygens (including phenoxy) is 1. The summed E-state index contributed by atoms with van der Waals surface area (Å²) in [5, 5.41) is 7.13. The number of methoxy groups -OCH3 is 1. The predicted molar refractivity (Wildman–Crippen MR) is 95.4 cm³/mol. The smallest absolute Gasteiger partial charge is 0.419 e. The lowest BCUT2D eigenvalue weighted by Gasteiger charge is -2.24. The van der Waals surface area contributed by atoms with Gasteiger partial charge in [-0.25, -0.2) is 4.79 Å². The van der Waals surface area contributed by atoms with Crippen LogP contribution in [0.2, 0.25) is 0 Å². The molecule has 2 aromatic heterocycles. The normalized spacial score (nSPS) is 16.2. The number of fused-ring (bicyclic) bond motifs is 2. The van der Waals surface area contributed by atoms with Crippen LogP contribution in [0.3, 0.4) is 0 Å². The zero-order valence-corrected chi connectivity index (χ0v) is 14.9. The van der Waals surface area contributed by atoms with Crippen molar-refractivity contribution < 1.29 is 18.7 Å². The number of amides is 1. The molecular weight excluding hydrogens is 352 g/mol. The van der Waals surface area contributed by atoms with Crippen molar-refractivity contribution in [3.8, 4) is 0 Å². The Morgan fingerprint density at radius 3 is 3.00 bits per heavy atom. The Morgan fingerprint density at radius 2 is 2.22 bits per heavy atom. The van der Waals surface area contributed by atoms with E-state index in [-0.39, 0.29) is 30.6 Å². The van der Waals surface area contributed by atoms with Gasteiger partial charge in [0, 0.05) is 31.3 Å². The summed E-state index contributed by atoms with van der Waals surface area (Å²) in [4.78, 5) is 35.3. The van der Waals surface area contributed by atoms with Crippen LogP contribution in [-0.2, 0) is 27.9 Å². The van der Waals surface area contributed by atoms with Crippen molar-refractivity contribution in [1.82, 2.24) is 14.3 Å². The van der Waals surface area contributed by atoms with Gasteiger partial charge < -0.3 is 14.5 Å². The molecule has 1 atom stereocenters. The zero-order chi connectivity index (χ0) is 19.1. The fourth-order valence-corrected chi connectivity index (χ4v) is 3.37. The third-order valence-corrected chi connectivity index (χ3v) is 4.83. The second-order valence-corrected chi connectivity index (χ2v) is 6.50. The van der Waals surface area contributed by atoms with Gasteiger partial charge in [0.1, 0.15) is 0 Å². The summed E-state index contributed by atoms with van der Waals surface area (Å²) < 4.78 is 13.0. The van der Waals surface area contributed by atoms with Crippen LogP contribution >= 0.6 is 0 Å². The highest BCUT2D eigenvalue weighted by Gasteiger charge is 2.29. The minimum atomic E-state index is -0.453. The third-order valence-electron chi connectivity index (χ3n) is 4.83. The second-order valence-electron chi connectivity index (χ2n) is 6.50. The number of oxazole rings is 1. The molecule has 0 spiro atoms. The molecule has 0 fully saturated rings. The molecule has 4 rings (SSSR count). The molecule has 0 unspecified atom stereocenters. The molecule has 0 bridgehead atoms. The Hall–Kier alpha value is -3.36. The van der Waals surface area contributed by atoms with Crippen LogP contribution in [0, 0.1) is 0 Å². The number of anilines is 1. The number of nitrogens with zero attached hydrogens (tertiary/aromatic N) is 3. The van der Waals surface area contributed by atoms with E-state index < -0.39 is 5.76 Å². The van der Waals surface area contributed by atoms with Gasteiger partial charge in [-0.2, -0.15) is 5.10 Å². The molecule has 1 amide bonds. The summed E-state index contributed by atoms with van der Waals surface area (Å²) in [5.74, 6) is -1.08. The van der Waals surface area contributed by atoms with Crippen molar-refractivity contribution in [2.75, 3.05) is 12.4 Å². The Morgan fingerprint density at radius 1 is 1.41 bits per heavy atom. The standard InChI is InChI=1S/C18H18N4O5/c1-21-14-7-13-12(5-15(14)27-18(21)25)11(6-16(23)20-13)10-8-19-22(9-10)4-3-17(24)26-2/h5,7-9,11H,3-4,6H2,1-2H3,(H,20,23)/t11-/m0/s1. The van der Waals surface area contributed by atoms with E-state index in [1.54, 1.807) is 30.1 Å². The number of rotatable bonds is 4. The first-order valence-corrected chi connectivity index (χ1v) is 8.48. The Kier molecular flexibility index (Phi) is 4.06. The summed E-state index contributed by atoms with van der Waals surface area (Å²) in [7, 11) is 2.96. The number of benzene rings is 1. The van der Waals surface area contributed by atoms with Crippen LogP contribution in [-0.4, -0.2) is 33.3 Å². The molecule has 27 heavy (non-hydrogen) atoms. The van der Waals surface area contributed by atoms with Crippen LogP contribution in [0.1, 0.15) is 29.9 Å². The van der Waals surface area contributed by atoms with Gasteiger partial charge in [-0.3, -0.25) is 18.8 Å². The SMILES string of the molecule is COC(=O)CCn1cc([C@@H]2CC(=O)Nc3cc4c(cc32)oc(=O)n4C)cn1. The molecule has 0 aliphatic carbocycles. The lowest BCUT2D eigenvalue weighted by Crippen LogP contribution is -2.23. The van der Waals surface area contributed by atoms with E-state index in [1.807, 2.05) is 6.20 Å². The van der Waals surface area contributed by atoms with Gasteiger partial charge >= 0.3 is 11.7 Å². The number of aryl methyl sites for hydroxylation is 2. The minimum absolute atomic E-state index is 0.109. The lowest BCUT2D eigenvalue weighted by molar-refractivity contribution is -0.140. The highest BCUT2D eigenvalue weighted by molar-refractivity contribution is 5.97. The molecule has 1 aliphatic rings. The predicted octanol–water partition coefficient (Wildman–Crippen LogP) is 1.37. The fraction of sp³-hybridized carbons (Fsp3) is 0.333. The summed E-state index contributed by atoms with van der Waals surface area (Å²) in [6.45, 7) is 0.394. The van der Waals surface area contributed by atoms with Crippen molar-refractivity contribution in [2.24, 2.45) is 7.05 Å². The molecule has 9 nitrogen and oxygen atoms in total. The van der Waals surface area contributed by atoms with Crippen molar-refractivity contribution in [2.45, 2.75) is 25.3 Å². The van der Waals surface area contributed by atoms with Crippen LogP contribution in [0.5, 0.6) is 0 Å². The highest BCUT2D eigenvalue weighted by atomic mass is 16.5. The van der Waals surface area contributed by atoms with E-state index in [9.17, 15) is 14.4 Å². The topological polar surface area (TPSA) is 108 Å².